The van der Waals surface area contributed by atoms with Crippen molar-refractivity contribution >= 4 is 16.6 Å². The summed E-state index contributed by atoms with van der Waals surface area (Å²) < 4.78 is 5.81. The summed E-state index contributed by atoms with van der Waals surface area (Å²) in [5, 5.41) is 14.0. The number of amidine groups is 1. The molecule has 0 fully saturated rings. The highest BCUT2D eigenvalue weighted by Crippen LogP contribution is 2.27. The first-order valence-corrected chi connectivity index (χ1v) is 6.37. The van der Waals surface area contributed by atoms with Crippen LogP contribution in [0, 0.1) is 0 Å². The highest BCUT2D eigenvalue weighted by atomic mass is 16.5. The van der Waals surface area contributed by atoms with E-state index in [2.05, 4.69) is 10.1 Å². The Morgan fingerprint density at radius 3 is 2.67 bits per heavy atom. The predicted octanol–water partition coefficient (Wildman–Crippen LogP) is 3.12. The van der Waals surface area contributed by atoms with Crippen LogP contribution in [0.4, 0.5) is 0 Å². The van der Waals surface area contributed by atoms with E-state index in [0.717, 1.165) is 10.8 Å². The largest absolute Gasteiger partial charge is 0.455 e. The molecule has 3 aromatic rings. The molecule has 0 bridgehead atoms. The van der Waals surface area contributed by atoms with Crippen molar-refractivity contribution in [3.05, 3.63) is 66.5 Å². The van der Waals surface area contributed by atoms with Gasteiger partial charge in [-0.3, -0.25) is 0 Å². The van der Waals surface area contributed by atoms with Crippen molar-refractivity contribution in [1.82, 2.24) is 4.98 Å². The van der Waals surface area contributed by atoms with Crippen LogP contribution in [-0.2, 0) is 0 Å². The third kappa shape index (κ3) is 2.62. The van der Waals surface area contributed by atoms with E-state index in [1.165, 1.54) is 0 Å². The van der Waals surface area contributed by atoms with Crippen molar-refractivity contribution in [2.45, 2.75) is 0 Å². The summed E-state index contributed by atoms with van der Waals surface area (Å²) in [6, 6.07) is 17.2. The normalized spacial score (nSPS) is 11.5. The van der Waals surface area contributed by atoms with Crippen LogP contribution in [0.5, 0.6) is 11.5 Å². The Morgan fingerprint density at radius 1 is 1.05 bits per heavy atom. The Labute approximate surface area is 121 Å². The fourth-order valence-corrected chi connectivity index (χ4v) is 2.07. The summed E-state index contributed by atoms with van der Waals surface area (Å²) >= 11 is 0. The maximum atomic E-state index is 8.79. The summed E-state index contributed by atoms with van der Waals surface area (Å²) in [5.74, 6) is 1.00. The number of pyridine rings is 1. The number of fused-ring (bicyclic) bond motifs is 1. The summed E-state index contributed by atoms with van der Waals surface area (Å²) in [5.41, 5.74) is 5.90. The Kier molecular flexibility index (Phi) is 3.39. The van der Waals surface area contributed by atoms with Crippen LogP contribution in [0.2, 0.25) is 0 Å². The lowest BCUT2D eigenvalue weighted by atomic mass is 10.1. The number of hydrogen-bond acceptors (Lipinski definition) is 4. The molecule has 1 aromatic heterocycles. The molecule has 2 aromatic carbocycles. The predicted molar refractivity (Wildman–Crippen MR) is 80.8 cm³/mol. The van der Waals surface area contributed by atoms with Crippen molar-refractivity contribution < 1.29 is 9.94 Å². The van der Waals surface area contributed by atoms with Gasteiger partial charge in [0, 0.05) is 6.20 Å². The third-order valence-corrected chi connectivity index (χ3v) is 3.07. The first-order valence-electron chi connectivity index (χ1n) is 6.37. The molecule has 104 valence electrons. The van der Waals surface area contributed by atoms with Crippen LogP contribution in [0.3, 0.4) is 0 Å². The standard InChI is InChI=1S/C16H13N3O2/c17-16(19-20)15-14(6-3-9-18-15)21-13-8-7-11-4-1-2-5-12(11)10-13/h1-10,20H,(H2,17,19). The van der Waals surface area contributed by atoms with Crippen LogP contribution in [0.1, 0.15) is 5.69 Å². The maximum absolute atomic E-state index is 8.79. The maximum Gasteiger partial charge on any atom is 0.192 e. The van der Waals surface area contributed by atoms with Crippen molar-refractivity contribution in [3.63, 3.8) is 0 Å². The fraction of sp³-hybridized carbons (Fsp3) is 0. The summed E-state index contributed by atoms with van der Waals surface area (Å²) in [4.78, 5) is 4.07. The van der Waals surface area contributed by atoms with Crippen LogP contribution >= 0.6 is 0 Å². The smallest absolute Gasteiger partial charge is 0.192 e. The number of nitrogens with two attached hydrogens (primary N) is 1. The van der Waals surface area contributed by atoms with Crippen LogP contribution < -0.4 is 10.5 Å². The van der Waals surface area contributed by atoms with Crippen molar-refractivity contribution in [1.29, 1.82) is 0 Å². The van der Waals surface area contributed by atoms with Gasteiger partial charge in [0.05, 0.1) is 0 Å². The van der Waals surface area contributed by atoms with E-state index in [1.54, 1.807) is 18.3 Å². The number of nitrogens with zero attached hydrogens (tertiary/aromatic N) is 2. The van der Waals surface area contributed by atoms with Gasteiger partial charge in [0.15, 0.2) is 17.3 Å². The lowest BCUT2D eigenvalue weighted by molar-refractivity contribution is 0.318. The first-order chi connectivity index (χ1) is 10.3. The zero-order chi connectivity index (χ0) is 14.7. The summed E-state index contributed by atoms with van der Waals surface area (Å²) in [6.07, 6.45) is 1.56. The number of benzene rings is 2. The minimum atomic E-state index is -0.0913. The summed E-state index contributed by atoms with van der Waals surface area (Å²) in [6.45, 7) is 0. The Morgan fingerprint density at radius 2 is 1.86 bits per heavy atom. The third-order valence-electron chi connectivity index (χ3n) is 3.07. The molecule has 0 atom stereocenters. The van der Waals surface area contributed by atoms with E-state index in [1.807, 2.05) is 42.5 Å². The second-order valence-electron chi connectivity index (χ2n) is 4.45. The molecule has 0 aliphatic carbocycles. The highest BCUT2D eigenvalue weighted by molar-refractivity contribution is 5.97. The second-order valence-corrected chi connectivity index (χ2v) is 4.45. The number of hydrogen-bond donors (Lipinski definition) is 2. The van der Waals surface area contributed by atoms with Crippen LogP contribution in [0.15, 0.2) is 65.9 Å². The van der Waals surface area contributed by atoms with Gasteiger partial charge < -0.3 is 15.7 Å². The van der Waals surface area contributed by atoms with Crippen molar-refractivity contribution in [2.24, 2.45) is 10.9 Å². The Bertz CT molecular complexity index is 815. The topological polar surface area (TPSA) is 80.7 Å². The Balaban J connectivity index is 1.99. The van der Waals surface area contributed by atoms with E-state index >= 15 is 0 Å². The minimum absolute atomic E-state index is 0.0913. The molecule has 0 saturated carbocycles. The van der Waals surface area contributed by atoms with Gasteiger partial charge in [0.1, 0.15) is 5.75 Å². The van der Waals surface area contributed by atoms with Crippen molar-refractivity contribution in [3.8, 4) is 11.5 Å². The molecule has 5 nitrogen and oxygen atoms in total. The number of rotatable bonds is 3. The molecule has 3 N–H and O–H groups in total. The molecule has 5 heteroatoms. The molecular weight excluding hydrogens is 266 g/mol. The zero-order valence-electron chi connectivity index (χ0n) is 11.1. The van der Waals surface area contributed by atoms with Gasteiger partial charge >= 0.3 is 0 Å². The van der Waals surface area contributed by atoms with Gasteiger partial charge in [0.2, 0.25) is 0 Å². The number of aromatic nitrogens is 1. The van der Waals surface area contributed by atoms with E-state index in [9.17, 15) is 0 Å². The average molecular weight is 279 g/mol. The molecule has 0 amide bonds. The van der Waals surface area contributed by atoms with Gasteiger partial charge in [-0.25, -0.2) is 4.98 Å². The van der Waals surface area contributed by atoms with E-state index in [4.69, 9.17) is 15.7 Å². The van der Waals surface area contributed by atoms with Gasteiger partial charge in [-0.05, 0) is 35.0 Å². The second kappa shape index (κ2) is 5.50. The number of ether oxygens (including phenoxy) is 1. The zero-order valence-corrected chi connectivity index (χ0v) is 11.1. The summed E-state index contributed by atoms with van der Waals surface area (Å²) in [7, 11) is 0. The fourth-order valence-electron chi connectivity index (χ4n) is 2.07. The molecular formula is C16H13N3O2. The van der Waals surface area contributed by atoms with Crippen LogP contribution in [0.25, 0.3) is 10.8 Å². The molecule has 0 radical (unpaired) electrons. The molecule has 1 heterocycles. The van der Waals surface area contributed by atoms with Gasteiger partial charge in [-0.2, -0.15) is 0 Å². The lowest BCUT2D eigenvalue weighted by Gasteiger charge is -2.09. The molecule has 21 heavy (non-hydrogen) atoms. The van der Waals surface area contributed by atoms with Gasteiger partial charge in [-0.1, -0.05) is 35.5 Å². The SMILES string of the molecule is N/C(=N/O)c1ncccc1Oc1ccc2ccccc2c1. The van der Waals surface area contributed by atoms with E-state index in [-0.39, 0.29) is 5.84 Å². The Hall–Kier alpha value is -3.08. The van der Waals surface area contributed by atoms with E-state index in [0.29, 0.717) is 17.2 Å². The molecule has 0 aliphatic rings. The first kappa shape index (κ1) is 12.9. The molecule has 0 spiro atoms. The monoisotopic (exact) mass is 279 g/mol. The van der Waals surface area contributed by atoms with Crippen LogP contribution in [-0.4, -0.2) is 16.0 Å². The number of oxime groups is 1. The average Bonchev–Trinajstić information content (AvgIpc) is 2.54. The van der Waals surface area contributed by atoms with E-state index < -0.39 is 0 Å². The lowest BCUT2D eigenvalue weighted by Crippen LogP contribution is -2.15. The highest BCUT2D eigenvalue weighted by Gasteiger charge is 2.10. The van der Waals surface area contributed by atoms with Gasteiger partial charge in [-0.15, -0.1) is 0 Å². The molecule has 3 rings (SSSR count). The van der Waals surface area contributed by atoms with Gasteiger partial charge in [0.25, 0.3) is 0 Å². The minimum Gasteiger partial charge on any atom is -0.455 e. The molecule has 0 aliphatic heterocycles. The molecule has 0 saturated heterocycles. The quantitative estimate of drug-likeness (QED) is 0.334. The molecule has 0 unspecified atom stereocenters. The van der Waals surface area contributed by atoms with Crippen molar-refractivity contribution in [2.75, 3.05) is 0 Å².